The Morgan fingerprint density at radius 1 is 1.10 bits per heavy atom. The summed E-state index contributed by atoms with van der Waals surface area (Å²) in [6.07, 6.45) is 6.93. The van der Waals surface area contributed by atoms with Gasteiger partial charge in [0.15, 0.2) is 0 Å². The number of anilines is 1. The van der Waals surface area contributed by atoms with Gasteiger partial charge in [0, 0.05) is 49.7 Å². The third kappa shape index (κ3) is 4.68. The van der Waals surface area contributed by atoms with Crippen molar-refractivity contribution >= 4 is 16.7 Å². The average Bonchev–Trinajstić information content (AvgIpc) is 2.75. The predicted molar refractivity (Wildman–Crippen MR) is 117 cm³/mol. The summed E-state index contributed by atoms with van der Waals surface area (Å²) >= 11 is 0. The molecular formula is C23H32N6. The van der Waals surface area contributed by atoms with Gasteiger partial charge in [-0.15, -0.1) is 0 Å². The molecular weight excluding hydrogens is 360 g/mol. The summed E-state index contributed by atoms with van der Waals surface area (Å²) in [5, 5.41) is 13.6. The quantitative estimate of drug-likeness (QED) is 0.841. The second-order valence-electron chi connectivity index (χ2n) is 8.72. The van der Waals surface area contributed by atoms with Gasteiger partial charge in [0.1, 0.15) is 12.1 Å². The standard InChI is InChI=1S/C23H32N6/c1-17(2)28-11-13-29(14-12-28)20-6-4-19(5-7-20)27-23-21-8-3-18(9-10-24)15-22(21)25-16-26-23/h3,8,15-17,19-20H,4-7,9,11-14H2,1-2H3,(H,25,26,27)/t19-,20-. The van der Waals surface area contributed by atoms with Gasteiger partial charge in [0.05, 0.1) is 18.0 Å². The molecule has 1 saturated carbocycles. The Morgan fingerprint density at radius 2 is 1.86 bits per heavy atom. The number of aromatic nitrogens is 2. The molecule has 2 aromatic rings. The van der Waals surface area contributed by atoms with Crippen LogP contribution in [0, 0.1) is 11.3 Å². The molecule has 0 bridgehead atoms. The van der Waals surface area contributed by atoms with E-state index in [9.17, 15) is 0 Å². The number of nitrogens with one attached hydrogen (secondary N) is 1. The van der Waals surface area contributed by atoms with E-state index < -0.39 is 0 Å². The second kappa shape index (κ2) is 9.06. The molecule has 0 unspecified atom stereocenters. The molecule has 2 aliphatic rings. The Kier molecular flexibility index (Phi) is 6.27. The third-order valence-corrected chi connectivity index (χ3v) is 6.62. The molecule has 1 aromatic carbocycles. The van der Waals surface area contributed by atoms with Crippen molar-refractivity contribution in [2.24, 2.45) is 0 Å². The number of nitriles is 1. The summed E-state index contributed by atoms with van der Waals surface area (Å²) in [5.41, 5.74) is 1.91. The smallest absolute Gasteiger partial charge is 0.137 e. The molecule has 0 radical (unpaired) electrons. The lowest BCUT2D eigenvalue weighted by atomic mass is 9.89. The second-order valence-corrected chi connectivity index (χ2v) is 8.72. The van der Waals surface area contributed by atoms with Crippen LogP contribution in [0.15, 0.2) is 24.5 Å². The number of benzene rings is 1. The molecule has 1 aliphatic carbocycles. The molecule has 154 valence electrons. The van der Waals surface area contributed by atoms with Crippen molar-refractivity contribution in [2.75, 3.05) is 31.5 Å². The molecule has 2 heterocycles. The molecule has 6 heteroatoms. The fraction of sp³-hybridized carbons (Fsp3) is 0.609. The first-order chi connectivity index (χ1) is 14.1. The normalized spacial score (nSPS) is 23.9. The summed E-state index contributed by atoms with van der Waals surface area (Å²) < 4.78 is 0. The lowest BCUT2D eigenvalue weighted by Gasteiger charge is -2.43. The van der Waals surface area contributed by atoms with Crippen molar-refractivity contribution in [3.8, 4) is 6.07 Å². The Hall–Kier alpha value is -2.23. The number of hydrogen-bond donors (Lipinski definition) is 1. The van der Waals surface area contributed by atoms with E-state index in [2.05, 4.69) is 45.0 Å². The fourth-order valence-electron chi connectivity index (χ4n) is 4.82. The van der Waals surface area contributed by atoms with Crippen molar-refractivity contribution < 1.29 is 0 Å². The maximum Gasteiger partial charge on any atom is 0.137 e. The number of rotatable bonds is 5. The molecule has 6 nitrogen and oxygen atoms in total. The van der Waals surface area contributed by atoms with E-state index in [1.54, 1.807) is 6.33 Å². The van der Waals surface area contributed by atoms with E-state index in [1.165, 1.54) is 51.9 Å². The van der Waals surface area contributed by atoms with Crippen LogP contribution >= 0.6 is 0 Å². The minimum atomic E-state index is 0.415. The first-order valence-electron chi connectivity index (χ1n) is 11.0. The Bertz CT molecular complexity index is 857. The van der Waals surface area contributed by atoms with Crippen LogP contribution in [0.4, 0.5) is 5.82 Å². The highest BCUT2D eigenvalue weighted by molar-refractivity contribution is 5.89. The lowest BCUT2D eigenvalue weighted by molar-refractivity contribution is 0.0631. The molecule has 0 amide bonds. The van der Waals surface area contributed by atoms with Crippen molar-refractivity contribution in [3.05, 3.63) is 30.1 Å². The topological polar surface area (TPSA) is 68.1 Å². The monoisotopic (exact) mass is 392 g/mol. The van der Waals surface area contributed by atoms with Gasteiger partial charge in [-0.3, -0.25) is 9.80 Å². The maximum absolute atomic E-state index is 8.91. The minimum Gasteiger partial charge on any atom is -0.367 e. The molecule has 0 spiro atoms. The van der Waals surface area contributed by atoms with Gasteiger partial charge in [-0.1, -0.05) is 6.07 Å². The summed E-state index contributed by atoms with van der Waals surface area (Å²) in [6, 6.07) is 10.1. The highest BCUT2D eigenvalue weighted by Crippen LogP contribution is 2.28. The van der Waals surface area contributed by atoms with Crippen LogP contribution in [-0.2, 0) is 6.42 Å². The van der Waals surface area contributed by atoms with Crippen LogP contribution in [0.3, 0.4) is 0 Å². The number of fused-ring (bicyclic) bond motifs is 1. The fourth-order valence-corrected chi connectivity index (χ4v) is 4.82. The predicted octanol–water partition coefficient (Wildman–Crippen LogP) is 3.44. The van der Waals surface area contributed by atoms with Gasteiger partial charge in [0.25, 0.3) is 0 Å². The molecule has 1 saturated heterocycles. The summed E-state index contributed by atoms with van der Waals surface area (Å²) in [4.78, 5) is 14.2. The van der Waals surface area contributed by atoms with E-state index in [1.807, 2.05) is 18.2 Å². The zero-order chi connectivity index (χ0) is 20.2. The molecule has 29 heavy (non-hydrogen) atoms. The van der Waals surface area contributed by atoms with E-state index in [0.29, 0.717) is 18.5 Å². The van der Waals surface area contributed by atoms with E-state index >= 15 is 0 Å². The Labute approximate surface area is 173 Å². The first-order valence-corrected chi connectivity index (χ1v) is 11.0. The van der Waals surface area contributed by atoms with E-state index in [4.69, 9.17) is 5.26 Å². The highest BCUT2D eigenvalue weighted by atomic mass is 15.3. The van der Waals surface area contributed by atoms with Crippen LogP contribution in [0.25, 0.3) is 10.9 Å². The van der Waals surface area contributed by atoms with Crippen molar-refractivity contribution in [1.29, 1.82) is 5.26 Å². The van der Waals surface area contributed by atoms with Crippen molar-refractivity contribution in [1.82, 2.24) is 19.8 Å². The molecule has 4 rings (SSSR count). The van der Waals surface area contributed by atoms with Gasteiger partial charge < -0.3 is 5.32 Å². The average molecular weight is 393 g/mol. The van der Waals surface area contributed by atoms with Gasteiger partial charge in [-0.25, -0.2) is 9.97 Å². The first kappa shape index (κ1) is 20.1. The van der Waals surface area contributed by atoms with Crippen molar-refractivity contribution in [2.45, 2.75) is 64.1 Å². The largest absolute Gasteiger partial charge is 0.367 e. The van der Waals surface area contributed by atoms with Gasteiger partial charge >= 0.3 is 0 Å². The molecule has 1 N–H and O–H groups in total. The summed E-state index contributed by atoms with van der Waals surface area (Å²) in [6.45, 7) is 9.43. The van der Waals surface area contributed by atoms with Gasteiger partial charge in [-0.2, -0.15) is 5.26 Å². The van der Waals surface area contributed by atoms with E-state index in [0.717, 1.165) is 28.3 Å². The summed E-state index contributed by atoms with van der Waals surface area (Å²) in [5.74, 6) is 0.924. The Balaban J connectivity index is 1.34. The van der Waals surface area contributed by atoms with Gasteiger partial charge in [0.2, 0.25) is 0 Å². The number of nitrogens with zero attached hydrogens (tertiary/aromatic N) is 5. The van der Waals surface area contributed by atoms with Gasteiger partial charge in [-0.05, 0) is 57.2 Å². The van der Waals surface area contributed by atoms with Crippen LogP contribution in [-0.4, -0.2) is 64.1 Å². The minimum absolute atomic E-state index is 0.415. The van der Waals surface area contributed by atoms with Crippen LogP contribution in [0.2, 0.25) is 0 Å². The lowest BCUT2D eigenvalue weighted by Crippen LogP contribution is -2.53. The highest BCUT2D eigenvalue weighted by Gasteiger charge is 2.29. The summed E-state index contributed by atoms with van der Waals surface area (Å²) in [7, 11) is 0. The number of piperazine rings is 1. The Morgan fingerprint density at radius 3 is 2.55 bits per heavy atom. The maximum atomic E-state index is 8.91. The molecule has 2 fully saturated rings. The van der Waals surface area contributed by atoms with E-state index in [-0.39, 0.29) is 0 Å². The zero-order valence-electron chi connectivity index (χ0n) is 17.6. The number of hydrogen-bond acceptors (Lipinski definition) is 6. The van der Waals surface area contributed by atoms with Crippen LogP contribution < -0.4 is 5.32 Å². The SMILES string of the molecule is CC(C)N1CCN([C@H]2CC[C@H](Nc3ncnc4cc(CC#N)ccc34)CC2)CC1. The van der Waals surface area contributed by atoms with Crippen molar-refractivity contribution in [3.63, 3.8) is 0 Å². The molecule has 0 atom stereocenters. The van der Waals surface area contributed by atoms with Crippen LogP contribution in [0.5, 0.6) is 0 Å². The van der Waals surface area contributed by atoms with Crippen LogP contribution in [0.1, 0.15) is 45.1 Å². The third-order valence-electron chi connectivity index (χ3n) is 6.62. The zero-order valence-corrected chi connectivity index (χ0v) is 17.6. The molecule has 1 aromatic heterocycles. The molecule has 1 aliphatic heterocycles.